The van der Waals surface area contributed by atoms with Crippen LogP contribution in [0.25, 0.3) is 5.65 Å². The van der Waals surface area contributed by atoms with E-state index in [2.05, 4.69) is 10.1 Å². The van der Waals surface area contributed by atoms with Crippen LogP contribution in [0.5, 0.6) is 0 Å². The number of rotatable bonds is 2. The van der Waals surface area contributed by atoms with Gasteiger partial charge in [0.2, 0.25) is 0 Å². The zero-order valence-corrected chi connectivity index (χ0v) is 6.83. The molecule has 68 valence electrons. The molecule has 13 heavy (non-hydrogen) atoms. The van der Waals surface area contributed by atoms with Gasteiger partial charge in [-0.2, -0.15) is 5.10 Å². The van der Waals surface area contributed by atoms with Gasteiger partial charge in [0, 0.05) is 24.2 Å². The first kappa shape index (κ1) is 7.97. The Morgan fingerprint density at radius 3 is 3.23 bits per heavy atom. The maximum Gasteiger partial charge on any atom is 0.254 e. The van der Waals surface area contributed by atoms with Crippen molar-refractivity contribution in [2.24, 2.45) is 0 Å². The van der Waals surface area contributed by atoms with Gasteiger partial charge in [0.05, 0.1) is 12.9 Å². The molecule has 0 aliphatic rings. The van der Waals surface area contributed by atoms with E-state index >= 15 is 0 Å². The largest absolute Gasteiger partial charge is 0.307 e. The Morgan fingerprint density at radius 1 is 1.62 bits per heavy atom. The van der Waals surface area contributed by atoms with Crippen molar-refractivity contribution >= 4 is 5.65 Å². The van der Waals surface area contributed by atoms with E-state index in [1.54, 1.807) is 18.5 Å². The minimum absolute atomic E-state index is 0.130. The highest BCUT2D eigenvalue weighted by Gasteiger charge is 2.02. The summed E-state index contributed by atoms with van der Waals surface area (Å²) in [6.45, 7) is -0.532. The van der Waals surface area contributed by atoms with Crippen LogP contribution in [-0.2, 0) is 6.42 Å². The van der Waals surface area contributed by atoms with Gasteiger partial charge in [-0.15, -0.1) is 0 Å². The number of halogens is 1. The molecule has 0 amide bonds. The maximum atomic E-state index is 12.0. The minimum Gasteiger partial charge on any atom is -0.307 e. The molecule has 5 heteroatoms. The lowest BCUT2D eigenvalue weighted by molar-refractivity contribution is 0.493. The number of nitrogens with zero attached hydrogens (tertiary/aromatic N) is 2. The van der Waals surface area contributed by atoms with Crippen LogP contribution in [0, 0.1) is 0 Å². The Morgan fingerprint density at radius 2 is 2.46 bits per heavy atom. The summed E-state index contributed by atoms with van der Waals surface area (Å²) in [4.78, 5) is 13.9. The zero-order chi connectivity index (χ0) is 9.26. The lowest BCUT2D eigenvalue weighted by atomic mass is 10.2. The number of nitrogens with one attached hydrogen (secondary N) is 1. The first-order valence-corrected chi connectivity index (χ1v) is 3.93. The highest BCUT2D eigenvalue weighted by molar-refractivity contribution is 5.35. The zero-order valence-electron chi connectivity index (χ0n) is 6.83. The summed E-state index contributed by atoms with van der Waals surface area (Å²) in [7, 11) is 0. The maximum absolute atomic E-state index is 12.0. The number of H-pyrrole nitrogens is 1. The SMILES string of the molecule is O=c1[nH]c2ccnn2cc1CCF. The van der Waals surface area contributed by atoms with E-state index in [1.165, 1.54) is 4.52 Å². The third kappa shape index (κ3) is 1.32. The Hall–Kier alpha value is -1.65. The molecule has 0 aliphatic carbocycles. The fourth-order valence-electron chi connectivity index (χ4n) is 1.20. The average Bonchev–Trinajstić information content (AvgIpc) is 2.52. The van der Waals surface area contributed by atoms with E-state index in [9.17, 15) is 9.18 Å². The molecule has 4 nitrogen and oxygen atoms in total. The van der Waals surface area contributed by atoms with Crippen molar-refractivity contribution in [1.82, 2.24) is 14.6 Å². The smallest absolute Gasteiger partial charge is 0.254 e. The monoisotopic (exact) mass is 181 g/mol. The Bertz CT molecular complexity index is 473. The van der Waals surface area contributed by atoms with Crippen molar-refractivity contribution in [1.29, 1.82) is 0 Å². The average molecular weight is 181 g/mol. The Labute approximate surface area is 73.0 Å². The van der Waals surface area contributed by atoms with Gasteiger partial charge in [0.1, 0.15) is 5.65 Å². The van der Waals surface area contributed by atoms with Crippen LogP contribution in [0.4, 0.5) is 4.39 Å². The van der Waals surface area contributed by atoms with Gasteiger partial charge < -0.3 is 4.98 Å². The molecule has 0 radical (unpaired) electrons. The highest BCUT2D eigenvalue weighted by atomic mass is 19.1. The van der Waals surface area contributed by atoms with Crippen molar-refractivity contribution < 1.29 is 4.39 Å². The van der Waals surface area contributed by atoms with Gasteiger partial charge in [0.15, 0.2) is 0 Å². The van der Waals surface area contributed by atoms with Gasteiger partial charge in [0.25, 0.3) is 5.56 Å². The van der Waals surface area contributed by atoms with E-state index in [0.29, 0.717) is 11.2 Å². The summed E-state index contributed by atoms with van der Waals surface area (Å²) in [5, 5.41) is 3.93. The second-order valence-corrected chi connectivity index (χ2v) is 2.71. The minimum atomic E-state index is -0.532. The van der Waals surface area contributed by atoms with Crippen LogP contribution >= 0.6 is 0 Å². The third-order valence-electron chi connectivity index (χ3n) is 1.85. The van der Waals surface area contributed by atoms with Crippen molar-refractivity contribution in [3.63, 3.8) is 0 Å². The van der Waals surface area contributed by atoms with E-state index < -0.39 is 6.67 Å². The number of hydrogen-bond acceptors (Lipinski definition) is 2. The molecular weight excluding hydrogens is 173 g/mol. The molecule has 2 heterocycles. The van der Waals surface area contributed by atoms with Crippen LogP contribution in [0.2, 0.25) is 0 Å². The number of aryl methyl sites for hydroxylation is 1. The topological polar surface area (TPSA) is 50.2 Å². The molecule has 0 spiro atoms. The first-order valence-electron chi connectivity index (χ1n) is 3.93. The summed E-state index contributed by atoms with van der Waals surface area (Å²) in [5.74, 6) is 0. The highest BCUT2D eigenvalue weighted by Crippen LogP contribution is 1.97. The fraction of sp³-hybridized carbons (Fsp3) is 0.250. The summed E-state index contributed by atoms with van der Waals surface area (Å²) >= 11 is 0. The van der Waals surface area contributed by atoms with Crippen LogP contribution in [0.3, 0.4) is 0 Å². The Balaban J connectivity index is 2.62. The standard InChI is InChI=1S/C8H8FN3O/c9-3-1-6-5-12-7(2-4-10-12)11-8(6)13/h2,4-5H,1,3H2,(H,11,13). The van der Waals surface area contributed by atoms with Crippen LogP contribution < -0.4 is 5.56 Å². The van der Waals surface area contributed by atoms with Gasteiger partial charge in [-0.25, -0.2) is 4.52 Å². The van der Waals surface area contributed by atoms with Gasteiger partial charge in [-0.3, -0.25) is 9.18 Å². The quantitative estimate of drug-likeness (QED) is 0.734. The summed E-state index contributed by atoms with van der Waals surface area (Å²) < 4.78 is 13.5. The summed E-state index contributed by atoms with van der Waals surface area (Å²) in [6.07, 6.45) is 3.25. The molecule has 0 saturated carbocycles. The predicted molar refractivity (Wildman–Crippen MR) is 45.5 cm³/mol. The molecule has 2 rings (SSSR count). The van der Waals surface area contributed by atoms with Gasteiger partial charge in [-0.05, 0) is 0 Å². The Kier molecular flexibility index (Phi) is 1.84. The molecule has 0 fully saturated rings. The molecule has 0 aliphatic heterocycles. The van der Waals surface area contributed by atoms with Crippen LogP contribution in [-0.4, -0.2) is 21.3 Å². The number of alkyl halides is 1. The molecule has 0 unspecified atom stereocenters. The number of aromatic amines is 1. The predicted octanol–water partition coefficient (Wildman–Crippen LogP) is 0.535. The lowest BCUT2D eigenvalue weighted by Gasteiger charge is -1.97. The van der Waals surface area contributed by atoms with E-state index in [0.717, 1.165) is 0 Å². The number of hydrogen-bond donors (Lipinski definition) is 1. The van der Waals surface area contributed by atoms with E-state index in [-0.39, 0.29) is 12.0 Å². The third-order valence-corrected chi connectivity index (χ3v) is 1.85. The molecule has 0 saturated heterocycles. The summed E-state index contributed by atoms with van der Waals surface area (Å²) in [6, 6.07) is 1.68. The van der Waals surface area contributed by atoms with E-state index in [4.69, 9.17) is 0 Å². The number of aromatic nitrogens is 3. The van der Waals surface area contributed by atoms with Crippen molar-refractivity contribution in [2.75, 3.05) is 6.67 Å². The van der Waals surface area contributed by atoms with Crippen molar-refractivity contribution in [2.45, 2.75) is 6.42 Å². The molecule has 1 N–H and O–H groups in total. The summed E-state index contributed by atoms with van der Waals surface area (Å²) in [5.41, 5.74) is 0.789. The molecule has 0 aromatic carbocycles. The van der Waals surface area contributed by atoms with E-state index in [1.807, 2.05) is 0 Å². The van der Waals surface area contributed by atoms with Crippen LogP contribution in [0.15, 0.2) is 23.3 Å². The second kappa shape index (κ2) is 3.01. The lowest BCUT2D eigenvalue weighted by Crippen LogP contribution is -2.15. The normalized spacial score (nSPS) is 10.8. The first-order chi connectivity index (χ1) is 6.31. The molecule has 2 aromatic heterocycles. The molecule has 0 bridgehead atoms. The number of fused-ring (bicyclic) bond motifs is 1. The van der Waals surface area contributed by atoms with Gasteiger partial charge >= 0.3 is 0 Å². The van der Waals surface area contributed by atoms with Crippen molar-refractivity contribution in [3.8, 4) is 0 Å². The second-order valence-electron chi connectivity index (χ2n) is 2.71. The van der Waals surface area contributed by atoms with Crippen LogP contribution in [0.1, 0.15) is 5.56 Å². The molecular formula is C8H8FN3O. The van der Waals surface area contributed by atoms with Gasteiger partial charge in [-0.1, -0.05) is 0 Å². The fourth-order valence-corrected chi connectivity index (χ4v) is 1.20. The molecule has 0 atom stereocenters. The molecule has 2 aromatic rings. The van der Waals surface area contributed by atoms with Crippen molar-refractivity contribution in [3.05, 3.63) is 34.4 Å².